The van der Waals surface area contributed by atoms with Gasteiger partial charge in [0.1, 0.15) is 5.82 Å². The maximum absolute atomic E-state index is 13.7. The first-order valence-corrected chi connectivity index (χ1v) is 6.22. The molecular formula is C14H19ClFNO2. The van der Waals surface area contributed by atoms with Crippen molar-refractivity contribution in [3.8, 4) is 0 Å². The third-order valence-electron chi connectivity index (χ3n) is 3.54. The van der Waals surface area contributed by atoms with E-state index in [-0.39, 0.29) is 18.0 Å². The van der Waals surface area contributed by atoms with E-state index in [1.165, 1.54) is 13.2 Å². The van der Waals surface area contributed by atoms with Crippen LogP contribution in [0, 0.1) is 12.7 Å². The van der Waals surface area contributed by atoms with E-state index >= 15 is 0 Å². The van der Waals surface area contributed by atoms with Gasteiger partial charge in [-0.1, -0.05) is 0 Å². The van der Waals surface area contributed by atoms with E-state index in [4.69, 9.17) is 0 Å². The number of methoxy groups -OCH3 is 1. The quantitative estimate of drug-likeness (QED) is 0.850. The number of carbonyl (C=O) groups excluding carboxylic acids is 1. The lowest BCUT2D eigenvalue weighted by Gasteiger charge is -2.25. The second kappa shape index (κ2) is 6.87. The minimum atomic E-state index is -0.609. The number of esters is 1. The highest BCUT2D eigenvalue weighted by atomic mass is 35.5. The summed E-state index contributed by atoms with van der Waals surface area (Å²) < 4.78 is 18.3. The first-order valence-electron chi connectivity index (χ1n) is 6.22. The van der Waals surface area contributed by atoms with Crippen LogP contribution in [-0.2, 0) is 4.74 Å². The average Bonchev–Trinajstić information content (AvgIpc) is 2.39. The van der Waals surface area contributed by atoms with Gasteiger partial charge in [-0.3, -0.25) is 0 Å². The fourth-order valence-electron chi connectivity index (χ4n) is 2.53. The lowest BCUT2D eigenvalue weighted by atomic mass is 9.86. The molecule has 1 heterocycles. The van der Waals surface area contributed by atoms with Crippen LogP contribution in [0.15, 0.2) is 12.1 Å². The van der Waals surface area contributed by atoms with E-state index < -0.39 is 11.8 Å². The highest BCUT2D eigenvalue weighted by molar-refractivity contribution is 5.90. The van der Waals surface area contributed by atoms with Crippen molar-refractivity contribution in [2.24, 2.45) is 0 Å². The summed E-state index contributed by atoms with van der Waals surface area (Å²) in [6, 6.07) is 3.09. The fourth-order valence-corrected chi connectivity index (χ4v) is 2.53. The van der Waals surface area contributed by atoms with E-state index in [1.807, 2.05) is 6.92 Å². The molecule has 0 amide bonds. The van der Waals surface area contributed by atoms with Gasteiger partial charge in [0.25, 0.3) is 0 Å². The Morgan fingerprint density at radius 2 is 2.00 bits per heavy atom. The van der Waals surface area contributed by atoms with Crippen molar-refractivity contribution in [3.05, 3.63) is 34.6 Å². The Morgan fingerprint density at radius 1 is 1.37 bits per heavy atom. The average molecular weight is 288 g/mol. The van der Waals surface area contributed by atoms with Crippen molar-refractivity contribution in [2.75, 3.05) is 20.2 Å². The van der Waals surface area contributed by atoms with E-state index in [2.05, 4.69) is 10.1 Å². The number of benzene rings is 1. The summed E-state index contributed by atoms with van der Waals surface area (Å²) in [5.74, 6) is -0.713. The molecule has 0 aliphatic carbocycles. The Labute approximate surface area is 118 Å². The zero-order valence-electron chi connectivity index (χ0n) is 11.2. The van der Waals surface area contributed by atoms with E-state index in [0.717, 1.165) is 37.1 Å². The van der Waals surface area contributed by atoms with Crippen molar-refractivity contribution in [3.63, 3.8) is 0 Å². The van der Waals surface area contributed by atoms with Crippen LogP contribution < -0.4 is 5.32 Å². The molecule has 0 aromatic heterocycles. The summed E-state index contributed by atoms with van der Waals surface area (Å²) >= 11 is 0. The van der Waals surface area contributed by atoms with Gasteiger partial charge in [0.15, 0.2) is 0 Å². The smallest absolute Gasteiger partial charge is 0.340 e. The highest BCUT2D eigenvalue weighted by Crippen LogP contribution is 2.29. The van der Waals surface area contributed by atoms with Crippen LogP contribution in [0.2, 0.25) is 0 Å². The van der Waals surface area contributed by atoms with Gasteiger partial charge in [-0.15, -0.1) is 12.4 Å². The molecule has 106 valence electrons. The summed E-state index contributed by atoms with van der Waals surface area (Å²) in [7, 11) is 1.27. The van der Waals surface area contributed by atoms with Gasteiger partial charge in [0.05, 0.1) is 12.7 Å². The Kier molecular flexibility index (Phi) is 5.76. The maximum Gasteiger partial charge on any atom is 0.340 e. The molecule has 0 bridgehead atoms. The summed E-state index contributed by atoms with van der Waals surface area (Å²) in [4.78, 5) is 11.5. The van der Waals surface area contributed by atoms with Crippen LogP contribution in [0.5, 0.6) is 0 Å². The van der Waals surface area contributed by atoms with Gasteiger partial charge in [-0.25, -0.2) is 9.18 Å². The molecule has 0 saturated carbocycles. The SMILES string of the molecule is COC(=O)c1cc(C2CCNCC2)c(C)cc1F.Cl. The van der Waals surface area contributed by atoms with E-state index in [9.17, 15) is 9.18 Å². The molecular weight excluding hydrogens is 269 g/mol. The summed E-state index contributed by atoms with van der Waals surface area (Å²) in [5.41, 5.74) is 2.02. The second-order valence-electron chi connectivity index (χ2n) is 4.70. The predicted octanol–water partition coefficient (Wildman–Crippen LogP) is 2.81. The Balaban J connectivity index is 0.00000180. The molecule has 19 heavy (non-hydrogen) atoms. The standard InChI is InChI=1S/C14H18FNO2.ClH/c1-9-7-13(15)12(14(17)18-2)8-11(9)10-3-5-16-6-4-10;/h7-8,10,16H,3-6H2,1-2H3;1H. The number of aryl methyl sites for hydroxylation is 1. The van der Waals surface area contributed by atoms with Crippen molar-refractivity contribution >= 4 is 18.4 Å². The molecule has 3 nitrogen and oxygen atoms in total. The number of rotatable bonds is 2. The van der Waals surface area contributed by atoms with Gasteiger partial charge >= 0.3 is 5.97 Å². The fraction of sp³-hybridized carbons (Fsp3) is 0.500. The third kappa shape index (κ3) is 3.45. The number of halogens is 2. The van der Waals surface area contributed by atoms with Gasteiger partial charge in [-0.2, -0.15) is 0 Å². The minimum absolute atomic E-state index is 0. The molecule has 1 aliphatic rings. The summed E-state index contributed by atoms with van der Waals surface area (Å²) in [5, 5.41) is 3.30. The molecule has 0 radical (unpaired) electrons. The van der Waals surface area contributed by atoms with Crippen LogP contribution in [0.3, 0.4) is 0 Å². The number of nitrogens with one attached hydrogen (secondary N) is 1. The summed E-state index contributed by atoms with van der Waals surface area (Å²) in [6.45, 7) is 3.82. The molecule has 0 unspecified atom stereocenters. The third-order valence-corrected chi connectivity index (χ3v) is 3.54. The number of carbonyl (C=O) groups is 1. The van der Waals surface area contributed by atoms with Crippen LogP contribution >= 0.6 is 12.4 Å². The molecule has 1 aromatic carbocycles. The molecule has 0 atom stereocenters. The topological polar surface area (TPSA) is 38.3 Å². The number of hydrogen-bond donors (Lipinski definition) is 1. The van der Waals surface area contributed by atoms with Crippen molar-refractivity contribution in [2.45, 2.75) is 25.7 Å². The van der Waals surface area contributed by atoms with Gasteiger partial charge in [-0.05, 0) is 62.0 Å². The zero-order chi connectivity index (χ0) is 13.1. The Bertz CT molecular complexity index is 459. The molecule has 1 aromatic rings. The minimum Gasteiger partial charge on any atom is -0.465 e. The largest absolute Gasteiger partial charge is 0.465 e. The molecule has 0 spiro atoms. The summed E-state index contributed by atoms with van der Waals surface area (Å²) in [6.07, 6.45) is 2.04. The van der Waals surface area contributed by atoms with E-state index in [0.29, 0.717) is 5.92 Å². The molecule has 2 rings (SSSR count). The molecule has 5 heteroatoms. The van der Waals surface area contributed by atoms with Crippen molar-refractivity contribution < 1.29 is 13.9 Å². The monoisotopic (exact) mass is 287 g/mol. The molecule has 1 fully saturated rings. The van der Waals surface area contributed by atoms with E-state index in [1.54, 1.807) is 6.07 Å². The molecule has 1 aliphatic heterocycles. The van der Waals surface area contributed by atoms with Crippen LogP contribution in [0.1, 0.15) is 40.2 Å². The van der Waals surface area contributed by atoms with Crippen LogP contribution in [0.4, 0.5) is 4.39 Å². The number of piperidine rings is 1. The number of ether oxygens (including phenoxy) is 1. The Morgan fingerprint density at radius 3 is 2.58 bits per heavy atom. The zero-order valence-corrected chi connectivity index (χ0v) is 12.0. The predicted molar refractivity (Wildman–Crippen MR) is 74.6 cm³/mol. The maximum atomic E-state index is 13.7. The Hall–Kier alpha value is -1.13. The van der Waals surface area contributed by atoms with Gasteiger partial charge in [0, 0.05) is 0 Å². The van der Waals surface area contributed by atoms with Gasteiger partial charge in [0.2, 0.25) is 0 Å². The van der Waals surface area contributed by atoms with Crippen LogP contribution in [-0.4, -0.2) is 26.2 Å². The number of hydrogen-bond acceptors (Lipinski definition) is 3. The second-order valence-corrected chi connectivity index (χ2v) is 4.70. The lowest BCUT2D eigenvalue weighted by molar-refractivity contribution is 0.0595. The molecule has 1 N–H and O–H groups in total. The highest BCUT2D eigenvalue weighted by Gasteiger charge is 2.21. The van der Waals surface area contributed by atoms with Gasteiger partial charge < -0.3 is 10.1 Å². The lowest BCUT2D eigenvalue weighted by Crippen LogP contribution is -2.27. The molecule has 1 saturated heterocycles. The first-order chi connectivity index (χ1) is 8.63. The van der Waals surface area contributed by atoms with Crippen LogP contribution in [0.25, 0.3) is 0 Å². The first kappa shape index (κ1) is 15.9. The van der Waals surface area contributed by atoms with Crippen molar-refractivity contribution in [1.82, 2.24) is 5.32 Å². The van der Waals surface area contributed by atoms with Crippen molar-refractivity contribution in [1.29, 1.82) is 0 Å². The normalized spacial score (nSPS) is 15.7.